The standard InChI is InChI=1S/C21H23N9/c1-30(15-8-13-2-3-14(9-15)24-13)19-7-6-18(25-26-19)17-5-4-16(12-10-22-23-11-12)20-21(17)28-29-27-20/h4-7,10-11,13-15,24H,2-3,8-9H2,1H3,(H,22,23)(H,27,28,29)/t13-,14+,15?. The molecule has 2 saturated heterocycles. The molecule has 30 heavy (non-hydrogen) atoms. The lowest BCUT2D eigenvalue weighted by molar-refractivity contribution is 0.353. The minimum atomic E-state index is 0.514. The summed E-state index contributed by atoms with van der Waals surface area (Å²) in [7, 11) is 2.13. The van der Waals surface area contributed by atoms with Crippen molar-refractivity contribution in [1.29, 1.82) is 0 Å². The lowest BCUT2D eigenvalue weighted by Crippen LogP contribution is -2.47. The number of rotatable bonds is 4. The topological polar surface area (TPSA) is 111 Å². The molecule has 3 aromatic heterocycles. The van der Waals surface area contributed by atoms with Crippen molar-refractivity contribution in [3.63, 3.8) is 0 Å². The molecule has 0 aliphatic carbocycles. The van der Waals surface area contributed by atoms with Gasteiger partial charge in [0.1, 0.15) is 11.0 Å². The van der Waals surface area contributed by atoms with Crippen LogP contribution in [-0.4, -0.2) is 61.0 Å². The van der Waals surface area contributed by atoms with Gasteiger partial charge in [-0.05, 0) is 43.9 Å². The highest BCUT2D eigenvalue weighted by Crippen LogP contribution is 2.33. The first-order chi connectivity index (χ1) is 14.8. The van der Waals surface area contributed by atoms with Crippen LogP contribution in [0.4, 0.5) is 5.82 Å². The van der Waals surface area contributed by atoms with Crippen molar-refractivity contribution < 1.29 is 0 Å². The van der Waals surface area contributed by atoms with Gasteiger partial charge in [0.15, 0.2) is 5.82 Å². The molecule has 3 N–H and O–H groups in total. The van der Waals surface area contributed by atoms with Crippen molar-refractivity contribution in [3.05, 3.63) is 36.7 Å². The van der Waals surface area contributed by atoms with Crippen LogP contribution >= 0.6 is 0 Å². The second-order valence-electron chi connectivity index (χ2n) is 8.32. The Balaban J connectivity index is 1.30. The summed E-state index contributed by atoms with van der Waals surface area (Å²) in [5.74, 6) is 0.913. The van der Waals surface area contributed by atoms with Crippen LogP contribution in [0, 0.1) is 0 Å². The third kappa shape index (κ3) is 2.85. The van der Waals surface area contributed by atoms with Gasteiger partial charge in [0.2, 0.25) is 0 Å². The second kappa shape index (κ2) is 6.88. The van der Waals surface area contributed by atoms with E-state index in [2.05, 4.69) is 59.1 Å². The van der Waals surface area contributed by atoms with Crippen LogP contribution in [0.2, 0.25) is 0 Å². The Morgan fingerprint density at radius 3 is 2.40 bits per heavy atom. The quantitative estimate of drug-likeness (QED) is 0.482. The first-order valence-electron chi connectivity index (χ1n) is 10.4. The number of aromatic nitrogens is 7. The van der Waals surface area contributed by atoms with Gasteiger partial charge in [-0.15, -0.1) is 10.2 Å². The summed E-state index contributed by atoms with van der Waals surface area (Å²) in [5.41, 5.74) is 5.21. The SMILES string of the molecule is CN(c1ccc(-c2ccc(-c3cn[nH]c3)c3n[nH]nc23)nn1)C1C[C@H]2CC[C@@H](C1)N2. The van der Waals surface area contributed by atoms with E-state index in [9.17, 15) is 0 Å². The van der Waals surface area contributed by atoms with Gasteiger partial charge in [-0.3, -0.25) is 5.10 Å². The van der Waals surface area contributed by atoms with Crippen LogP contribution in [0.5, 0.6) is 0 Å². The third-order valence-corrected chi connectivity index (χ3v) is 6.57. The van der Waals surface area contributed by atoms with E-state index in [0.717, 1.165) is 39.2 Å². The normalized spacial score (nSPS) is 23.2. The Kier molecular flexibility index (Phi) is 4.02. The van der Waals surface area contributed by atoms with Crippen molar-refractivity contribution in [3.8, 4) is 22.4 Å². The fraction of sp³-hybridized carbons (Fsp3) is 0.381. The number of nitrogens with one attached hydrogen (secondary N) is 3. The maximum absolute atomic E-state index is 4.55. The Hall–Kier alpha value is -3.33. The van der Waals surface area contributed by atoms with E-state index in [1.165, 1.54) is 25.7 Å². The number of benzene rings is 1. The molecule has 1 unspecified atom stereocenters. The molecule has 0 amide bonds. The average molecular weight is 401 g/mol. The maximum atomic E-state index is 4.55. The second-order valence-corrected chi connectivity index (χ2v) is 8.32. The van der Waals surface area contributed by atoms with E-state index in [4.69, 9.17) is 0 Å². The van der Waals surface area contributed by atoms with Gasteiger partial charge in [0.25, 0.3) is 0 Å². The third-order valence-electron chi connectivity index (χ3n) is 6.57. The van der Waals surface area contributed by atoms with Gasteiger partial charge < -0.3 is 10.2 Å². The molecule has 9 nitrogen and oxygen atoms in total. The molecule has 6 rings (SSSR count). The number of anilines is 1. The first-order valence-corrected chi connectivity index (χ1v) is 10.4. The molecule has 9 heteroatoms. The lowest BCUT2D eigenvalue weighted by Gasteiger charge is -2.36. The molecule has 0 spiro atoms. The van der Waals surface area contributed by atoms with Gasteiger partial charge in [0, 0.05) is 48.1 Å². The van der Waals surface area contributed by atoms with Crippen molar-refractivity contribution >= 4 is 16.9 Å². The highest BCUT2D eigenvalue weighted by molar-refractivity contribution is 5.99. The number of hydrogen-bond donors (Lipinski definition) is 3. The first kappa shape index (κ1) is 17.5. The predicted molar refractivity (Wildman–Crippen MR) is 114 cm³/mol. The predicted octanol–water partition coefficient (Wildman–Crippen LogP) is 2.52. The van der Waals surface area contributed by atoms with E-state index in [-0.39, 0.29) is 0 Å². The highest BCUT2D eigenvalue weighted by atomic mass is 15.3. The number of piperidine rings is 1. The lowest BCUT2D eigenvalue weighted by atomic mass is 9.98. The average Bonchev–Trinajstić information content (AvgIpc) is 3.54. The number of aromatic amines is 2. The van der Waals surface area contributed by atoms with Crippen LogP contribution in [-0.2, 0) is 0 Å². The molecule has 0 saturated carbocycles. The molecular weight excluding hydrogens is 378 g/mol. The van der Waals surface area contributed by atoms with Gasteiger partial charge in [-0.1, -0.05) is 6.07 Å². The minimum Gasteiger partial charge on any atom is -0.355 e. The Morgan fingerprint density at radius 2 is 1.70 bits per heavy atom. The zero-order valence-electron chi connectivity index (χ0n) is 16.7. The van der Waals surface area contributed by atoms with E-state index in [0.29, 0.717) is 18.1 Å². The Labute approximate surface area is 173 Å². The van der Waals surface area contributed by atoms with Crippen LogP contribution in [0.25, 0.3) is 33.4 Å². The smallest absolute Gasteiger partial charge is 0.151 e. The van der Waals surface area contributed by atoms with Crippen molar-refractivity contribution in [2.45, 2.75) is 43.8 Å². The molecule has 0 radical (unpaired) electrons. The van der Waals surface area contributed by atoms with E-state index in [1.807, 2.05) is 24.4 Å². The number of hydrogen-bond acceptors (Lipinski definition) is 7. The fourth-order valence-electron chi connectivity index (χ4n) is 4.96. The minimum absolute atomic E-state index is 0.514. The monoisotopic (exact) mass is 401 g/mol. The molecule has 2 bridgehead atoms. The van der Waals surface area contributed by atoms with E-state index < -0.39 is 0 Å². The number of H-pyrrole nitrogens is 2. The van der Waals surface area contributed by atoms with Crippen molar-refractivity contribution in [2.75, 3.05) is 11.9 Å². The summed E-state index contributed by atoms with van der Waals surface area (Å²) in [6.45, 7) is 0. The van der Waals surface area contributed by atoms with E-state index in [1.54, 1.807) is 6.20 Å². The Morgan fingerprint density at radius 1 is 0.933 bits per heavy atom. The molecule has 1 aromatic carbocycles. The molecule has 4 aromatic rings. The van der Waals surface area contributed by atoms with Crippen LogP contribution in [0.1, 0.15) is 25.7 Å². The van der Waals surface area contributed by atoms with Crippen LogP contribution < -0.4 is 10.2 Å². The van der Waals surface area contributed by atoms with E-state index >= 15 is 0 Å². The molecule has 2 fully saturated rings. The maximum Gasteiger partial charge on any atom is 0.151 e. The van der Waals surface area contributed by atoms with Gasteiger partial charge in [-0.25, -0.2) is 0 Å². The van der Waals surface area contributed by atoms with Gasteiger partial charge in [-0.2, -0.15) is 20.5 Å². The zero-order valence-corrected chi connectivity index (χ0v) is 16.7. The zero-order chi connectivity index (χ0) is 20.1. The summed E-state index contributed by atoms with van der Waals surface area (Å²) in [4.78, 5) is 2.29. The molecule has 5 heterocycles. The number of nitrogens with zero attached hydrogens (tertiary/aromatic N) is 6. The van der Waals surface area contributed by atoms with Crippen LogP contribution in [0.3, 0.4) is 0 Å². The molecule has 152 valence electrons. The summed E-state index contributed by atoms with van der Waals surface area (Å²) in [6, 6.07) is 9.94. The van der Waals surface area contributed by atoms with Crippen molar-refractivity contribution in [2.24, 2.45) is 0 Å². The summed E-state index contributed by atoms with van der Waals surface area (Å²) >= 11 is 0. The largest absolute Gasteiger partial charge is 0.355 e. The molecular formula is C21H23N9. The van der Waals surface area contributed by atoms with Gasteiger partial charge >= 0.3 is 0 Å². The molecule has 2 aliphatic rings. The molecule has 3 atom stereocenters. The summed E-state index contributed by atoms with van der Waals surface area (Å²) in [5, 5.41) is 31.1. The summed E-state index contributed by atoms with van der Waals surface area (Å²) < 4.78 is 0. The van der Waals surface area contributed by atoms with Gasteiger partial charge in [0.05, 0.1) is 11.9 Å². The van der Waals surface area contributed by atoms with Crippen molar-refractivity contribution in [1.82, 2.24) is 41.1 Å². The number of fused-ring (bicyclic) bond motifs is 3. The molecule has 2 aliphatic heterocycles. The van der Waals surface area contributed by atoms with Crippen LogP contribution in [0.15, 0.2) is 36.7 Å². The summed E-state index contributed by atoms with van der Waals surface area (Å²) in [6.07, 6.45) is 8.56. The highest BCUT2D eigenvalue weighted by Gasteiger charge is 2.35. The Bertz CT molecular complexity index is 1150. The fourth-order valence-corrected chi connectivity index (χ4v) is 4.96.